The maximum Gasteiger partial charge on any atom is 0.253 e. The Bertz CT molecular complexity index is 823. The molecule has 0 aliphatic rings. The number of carbonyl (C=O) groups excluding carboxylic acids is 1. The lowest BCUT2D eigenvalue weighted by molar-refractivity contribution is 0.0827. The summed E-state index contributed by atoms with van der Waals surface area (Å²) in [6.07, 6.45) is 0. The summed E-state index contributed by atoms with van der Waals surface area (Å²) in [7, 11) is 3.48. The van der Waals surface area contributed by atoms with Crippen LogP contribution in [-0.4, -0.2) is 37.4 Å². The average molecular weight is 491 g/mol. The highest BCUT2D eigenvalue weighted by atomic mass is 127. The number of guanidine groups is 1. The van der Waals surface area contributed by atoms with Crippen molar-refractivity contribution in [2.75, 3.05) is 20.6 Å². The monoisotopic (exact) mass is 491 g/mol. The van der Waals surface area contributed by atoms with Crippen LogP contribution in [0.15, 0.2) is 53.5 Å². The van der Waals surface area contributed by atoms with E-state index < -0.39 is 0 Å². The first kappa shape index (κ1) is 23.4. The number of nitrogens with one attached hydrogen (secondary N) is 2. The number of nitrogens with zero attached hydrogens (tertiary/aromatic N) is 3. The Balaban J connectivity index is 0.00000392. The molecule has 0 aliphatic heterocycles. The molecule has 0 radical (unpaired) electrons. The normalized spacial score (nSPS) is 10.4. The van der Waals surface area contributed by atoms with Gasteiger partial charge in [0.05, 0.1) is 18.2 Å². The van der Waals surface area contributed by atoms with Crippen LogP contribution in [0.5, 0.6) is 0 Å². The third-order valence-corrected chi connectivity index (χ3v) is 3.91. The molecule has 0 unspecified atom stereocenters. The number of hydrogen-bond donors (Lipinski definition) is 2. The van der Waals surface area contributed by atoms with Crippen LogP contribution in [-0.2, 0) is 13.1 Å². The second kappa shape index (κ2) is 12.0. The first-order chi connectivity index (χ1) is 13.0. The molecule has 2 aromatic carbocycles. The van der Waals surface area contributed by atoms with E-state index in [-0.39, 0.29) is 29.9 Å². The van der Waals surface area contributed by atoms with Gasteiger partial charge in [-0.25, -0.2) is 4.99 Å². The van der Waals surface area contributed by atoms with Gasteiger partial charge < -0.3 is 15.5 Å². The van der Waals surface area contributed by atoms with Crippen molar-refractivity contribution in [1.29, 1.82) is 5.26 Å². The SMILES string of the molecule is CCNC(=NCc1ccc(C#N)cc1)NCc1ccc(C(=O)N(C)C)cc1.I. The minimum atomic E-state index is -0.00757. The van der Waals surface area contributed by atoms with Gasteiger partial charge in [-0.2, -0.15) is 5.26 Å². The standard InChI is InChI=1S/C21H25N5O.HI/c1-4-23-21(24-14-17-7-5-16(13-22)6-8-17)25-15-18-9-11-19(12-10-18)20(27)26(2)3;/h5-12H,4,14-15H2,1-3H3,(H2,23,24,25);1H. The lowest BCUT2D eigenvalue weighted by Crippen LogP contribution is -2.36. The number of benzene rings is 2. The van der Waals surface area contributed by atoms with Gasteiger partial charge in [0.1, 0.15) is 0 Å². The summed E-state index contributed by atoms with van der Waals surface area (Å²) in [6, 6.07) is 17.1. The number of halogens is 1. The fourth-order valence-electron chi connectivity index (χ4n) is 2.41. The van der Waals surface area contributed by atoms with Crippen molar-refractivity contribution >= 4 is 35.8 Å². The lowest BCUT2D eigenvalue weighted by atomic mass is 10.1. The van der Waals surface area contributed by atoms with E-state index >= 15 is 0 Å². The number of aliphatic imine (C=N–C) groups is 1. The molecule has 0 saturated carbocycles. The summed E-state index contributed by atoms with van der Waals surface area (Å²) in [6.45, 7) is 3.91. The number of nitriles is 1. The van der Waals surface area contributed by atoms with Crippen LogP contribution in [0.4, 0.5) is 0 Å². The van der Waals surface area contributed by atoms with E-state index in [1.54, 1.807) is 31.1 Å². The zero-order valence-electron chi connectivity index (χ0n) is 16.4. The Morgan fingerprint density at radius 2 is 1.64 bits per heavy atom. The molecule has 7 heteroatoms. The summed E-state index contributed by atoms with van der Waals surface area (Å²) < 4.78 is 0. The molecule has 0 bridgehead atoms. The van der Waals surface area contributed by atoms with Gasteiger partial charge in [-0.05, 0) is 42.3 Å². The highest BCUT2D eigenvalue weighted by molar-refractivity contribution is 14.0. The molecule has 28 heavy (non-hydrogen) atoms. The molecular weight excluding hydrogens is 465 g/mol. The number of hydrogen-bond acceptors (Lipinski definition) is 3. The van der Waals surface area contributed by atoms with E-state index in [4.69, 9.17) is 5.26 Å². The number of amides is 1. The van der Waals surface area contributed by atoms with Crippen LogP contribution in [0, 0.1) is 11.3 Å². The predicted octanol–water partition coefficient (Wildman–Crippen LogP) is 3.13. The van der Waals surface area contributed by atoms with E-state index in [2.05, 4.69) is 21.7 Å². The molecule has 0 aromatic heterocycles. The van der Waals surface area contributed by atoms with Crippen LogP contribution in [0.2, 0.25) is 0 Å². The van der Waals surface area contributed by atoms with Crippen LogP contribution in [0.1, 0.15) is 34.0 Å². The second-order valence-electron chi connectivity index (χ2n) is 6.25. The third-order valence-electron chi connectivity index (χ3n) is 3.91. The quantitative estimate of drug-likeness (QED) is 0.370. The molecule has 2 N–H and O–H groups in total. The second-order valence-corrected chi connectivity index (χ2v) is 6.25. The van der Waals surface area contributed by atoms with Crippen molar-refractivity contribution in [2.24, 2.45) is 4.99 Å². The van der Waals surface area contributed by atoms with Gasteiger partial charge in [-0.3, -0.25) is 4.79 Å². The fourth-order valence-corrected chi connectivity index (χ4v) is 2.41. The van der Waals surface area contributed by atoms with Crippen molar-refractivity contribution in [3.63, 3.8) is 0 Å². The molecule has 6 nitrogen and oxygen atoms in total. The van der Waals surface area contributed by atoms with Crippen LogP contribution >= 0.6 is 24.0 Å². The molecule has 0 heterocycles. The molecule has 2 aromatic rings. The van der Waals surface area contributed by atoms with Gasteiger partial charge in [0.15, 0.2) is 5.96 Å². The van der Waals surface area contributed by atoms with Crippen molar-refractivity contribution in [3.8, 4) is 6.07 Å². The van der Waals surface area contributed by atoms with Gasteiger partial charge >= 0.3 is 0 Å². The number of carbonyl (C=O) groups is 1. The van der Waals surface area contributed by atoms with E-state index in [1.807, 2.05) is 43.3 Å². The largest absolute Gasteiger partial charge is 0.357 e. The predicted molar refractivity (Wildman–Crippen MR) is 123 cm³/mol. The zero-order chi connectivity index (χ0) is 19.6. The van der Waals surface area contributed by atoms with Crippen molar-refractivity contribution < 1.29 is 4.79 Å². The summed E-state index contributed by atoms with van der Waals surface area (Å²) >= 11 is 0. The van der Waals surface area contributed by atoms with Gasteiger partial charge in [-0.1, -0.05) is 24.3 Å². The van der Waals surface area contributed by atoms with Crippen molar-refractivity contribution in [3.05, 3.63) is 70.8 Å². The zero-order valence-corrected chi connectivity index (χ0v) is 18.7. The van der Waals surface area contributed by atoms with Crippen LogP contribution in [0.25, 0.3) is 0 Å². The van der Waals surface area contributed by atoms with E-state index in [0.717, 1.165) is 23.6 Å². The van der Waals surface area contributed by atoms with Crippen molar-refractivity contribution in [2.45, 2.75) is 20.0 Å². The van der Waals surface area contributed by atoms with Gasteiger partial charge in [0.2, 0.25) is 0 Å². The minimum Gasteiger partial charge on any atom is -0.357 e. The Kier molecular flexibility index (Phi) is 10.0. The summed E-state index contributed by atoms with van der Waals surface area (Å²) in [5.74, 6) is 0.710. The molecule has 0 aliphatic carbocycles. The van der Waals surface area contributed by atoms with Gasteiger partial charge in [-0.15, -0.1) is 24.0 Å². The fraction of sp³-hybridized carbons (Fsp3) is 0.286. The maximum absolute atomic E-state index is 11.9. The van der Waals surface area contributed by atoms with Crippen LogP contribution < -0.4 is 10.6 Å². The molecule has 0 fully saturated rings. The molecule has 2 rings (SSSR count). The molecule has 1 amide bonds. The van der Waals surface area contributed by atoms with E-state index in [0.29, 0.717) is 24.2 Å². The summed E-state index contributed by atoms with van der Waals surface area (Å²) in [5.41, 5.74) is 3.42. The maximum atomic E-state index is 11.9. The highest BCUT2D eigenvalue weighted by Gasteiger charge is 2.07. The van der Waals surface area contributed by atoms with E-state index in [1.165, 1.54) is 0 Å². The first-order valence-corrected chi connectivity index (χ1v) is 8.85. The Morgan fingerprint density at radius 1 is 1.04 bits per heavy atom. The molecule has 0 spiro atoms. The molecular formula is C21H26IN5O. The number of rotatable bonds is 6. The summed E-state index contributed by atoms with van der Waals surface area (Å²) in [4.78, 5) is 18.1. The Hall–Kier alpha value is -2.60. The van der Waals surface area contributed by atoms with Crippen molar-refractivity contribution in [1.82, 2.24) is 15.5 Å². The Morgan fingerprint density at radius 3 is 2.18 bits per heavy atom. The molecule has 148 valence electrons. The first-order valence-electron chi connectivity index (χ1n) is 8.85. The smallest absolute Gasteiger partial charge is 0.253 e. The van der Waals surface area contributed by atoms with Crippen LogP contribution in [0.3, 0.4) is 0 Å². The topological polar surface area (TPSA) is 80.5 Å². The van der Waals surface area contributed by atoms with E-state index in [9.17, 15) is 4.79 Å². The average Bonchev–Trinajstić information content (AvgIpc) is 2.70. The molecule has 0 saturated heterocycles. The Labute approximate surface area is 183 Å². The lowest BCUT2D eigenvalue weighted by Gasteiger charge is -2.13. The minimum absolute atomic E-state index is 0. The third kappa shape index (κ3) is 7.19. The molecule has 0 atom stereocenters. The van der Waals surface area contributed by atoms with Gasteiger partial charge in [0.25, 0.3) is 5.91 Å². The highest BCUT2D eigenvalue weighted by Crippen LogP contribution is 2.07. The summed E-state index contributed by atoms with van der Waals surface area (Å²) in [5, 5.41) is 15.4. The van der Waals surface area contributed by atoms with Gasteiger partial charge in [0, 0.05) is 32.7 Å².